The predicted molar refractivity (Wildman–Crippen MR) is 53.1 cm³/mol. The van der Waals surface area contributed by atoms with E-state index >= 15 is 0 Å². The van der Waals surface area contributed by atoms with Crippen molar-refractivity contribution < 1.29 is 14.3 Å². The number of allylic oxidation sites excluding steroid dienone is 2. The standard InChI is InChI=1S/C12H14O3/c13-8-5-7-1-2-9-10(3-4-11(9)14)12(7)15-6-8/h7,9H,1-6H2. The van der Waals surface area contributed by atoms with Crippen LogP contribution >= 0.6 is 0 Å². The monoisotopic (exact) mass is 206 g/mol. The van der Waals surface area contributed by atoms with E-state index in [2.05, 4.69) is 0 Å². The predicted octanol–water partition coefficient (Wildman–Crippen LogP) is 1.62. The maximum absolute atomic E-state index is 11.6. The first-order valence-electron chi connectivity index (χ1n) is 5.66. The summed E-state index contributed by atoms with van der Waals surface area (Å²) < 4.78 is 5.53. The molecule has 0 bridgehead atoms. The van der Waals surface area contributed by atoms with Crippen LogP contribution in [-0.2, 0) is 14.3 Å². The maximum Gasteiger partial charge on any atom is 0.170 e. The lowest BCUT2D eigenvalue weighted by atomic mass is 9.79. The number of carbonyl (C=O) groups excluding carboxylic acids is 2. The largest absolute Gasteiger partial charge is 0.490 e. The van der Waals surface area contributed by atoms with E-state index in [1.165, 1.54) is 5.57 Å². The van der Waals surface area contributed by atoms with E-state index in [0.717, 1.165) is 25.0 Å². The topological polar surface area (TPSA) is 43.4 Å². The van der Waals surface area contributed by atoms with Crippen molar-refractivity contribution in [3.8, 4) is 0 Å². The molecule has 0 radical (unpaired) electrons. The van der Waals surface area contributed by atoms with Crippen molar-refractivity contribution >= 4 is 11.6 Å². The third-order valence-corrected chi connectivity index (χ3v) is 3.80. The zero-order valence-corrected chi connectivity index (χ0v) is 8.62. The normalized spacial score (nSPS) is 34.9. The van der Waals surface area contributed by atoms with E-state index in [0.29, 0.717) is 18.6 Å². The molecule has 1 saturated heterocycles. The van der Waals surface area contributed by atoms with Gasteiger partial charge in [0.15, 0.2) is 5.78 Å². The second-order valence-corrected chi connectivity index (χ2v) is 4.71. The molecule has 2 atom stereocenters. The minimum absolute atomic E-state index is 0.129. The van der Waals surface area contributed by atoms with Crippen molar-refractivity contribution in [2.75, 3.05) is 6.61 Å². The van der Waals surface area contributed by atoms with Crippen LogP contribution in [0.2, 0.25) is 0 Å². The SMILES string of the molecule is O=C1COC2=C3CCC(=O)C3CCC2C1. The highest BCUT2D eigenvalue weighted by molar-refractivity contribution is 5.88. The van der Waals surface area contributed by atoms with Gasteiger partial charge in [0.1, 0.15) is 18.1 Å². The van der Waals surface area contributed by atoms with Gasteiger partial charge in [0, 0.05) is 24.7 Å². The van der Waals surface area contributed by atoms with Gasteiger partial charge >= 0.3 is 0 Å². The van der Waals surface area contributed by atoms with E-state index in [-0.39, 0.29) is 24.2 Å². The zero-order valence-electron chi connectivity index (χ0n) is 8.62. The molecule has 3 nitrogen and oxygen atoms in total. The number of hydrogen-bond acceptors (Lipinski definition) is 3. The molecule has 15 heavy (non-hydrogen) atoms. The Kier molecular flexibility index (Phi) is 1.94. The average molecular weight is 206 g/mol. The Hall–Kier alpha value is -1.12. The van der Waals surface area contributed by atoms with Crippen molar-refractivity contribution in [1.29, 1.82) is 0 Å². The average Bonchev–Trinajstić information content (AvgIpc) is 2.60. The van der Waals surface area contributed by atoms with Crippen molar-refractivity contribution in [2.45, 2.75) is 32.1 Å². The number of fused-ring (bicyclic) bond motifs is 2. The number of ketones is 2. The summed E-state index contributed by atoms with van der Waals surface area (Å²) in [6.07, 6.45) is 4.04. The summed E-state index contributed by atoms with van der Waals surface area (Å²) in [5, 5.41) is 0. The van der Waals surface area contributed by atoms with Gasteiger partial charge in [-0.2, -0.15) is 0 Å². The van der Waals surface area contributed by atoms with Crippen LogP contribution in [0.5, 0.6) is 0 Å². The molecule has 1 aliphatic heterocycles. The number of hydrogen-bond donors (Lipinski definition) is 0. The third-order valence-electron chi connectivity index (χ3n) is 3.80. The summed E-state index contributed by atoms with van der Waals surface area (Å²) in [5.41, 5.74) is 1.21. The number of rotatable bonds is 0. The van der Waals surface area contributed by atoms with Crippen LogP contribution < -0.4 is 0 Å². The fraction of sp³-hybridized carbons (Fsp3) is 0.667. The highest BCUT2D eigenvalue weighted by Gasteiger charge is 2.40. The van der Waals surface area contributed by atoms with E-state index in [4.69, 9.17) is 4.74 Å². The summed E-state index contributed by atoms with van der Waals surface area (Å²) in [6, 6.07) is 0. The van der Waals surface area contributed by atoms with Crippen LogP contribution in [0, 0.1) is 11.8 Å². The molecule has 3 aliphatic rings. The van der Waals surface area contributed by atoms with Crippen molar-refractivity contribution in [2.24, 2.45) is 11.8 Å². The highest BCUT2D eigenvalue weighted by atomic mass is 16.5. The minimum Gasteiger partial charge on any atom is -0.490 e. The Balaban J connectivity index is 1.96. The molecule has 1 saturated carbocycles. The Labute approximate surface area is 88.5 Å². The molecule has 0 spiro atoms. The van der Waals surface area contributed by atoms with E-state index < -0.39 is 0 Å². The zero-order chi connectivity index (χ0) is 10.4. The van der Waals surface area contributed by atoms with Crippen LogP contribution in [0.25, 0.3) is 0 Å². The molecule has 0 aromatic heterocycles. The second kappa shape index (κ2) is 3.19. The molecule has 0 amide bonds. The molecule has 80 valence electrons. The number of ether oxygens (including phenoxy) is 1. The van der Waals surface area contributed by atoms with Crippen LogP contribution in [0.3, 0.4) is 0 Å². The molecule has 0 N–H and O–H groups in total. The molecule has 3 heteroatoms. The van der Waals surface area contributed by atoms with Crippen LogP contribution in [0.15, 0.2) is 11.3 Å². The first-order valence-corrected chi connectivity index (χ1v) is 5.66. The molecular formula is C12H14O3. The lowest BCUT2D eigenvalue weighted by Crippen LogP contribution is -2.30. The Morgan fingerprint density at radius 1 is 1.13 bits per heavy atom. The van der Waals surface area contributed by atoms with Gasteiger partial charge in [-0.25, -0.2) is 0 Å². The quantitative estimate of drug-likeness (QED) is 0.605. The maximum atomic E-state index is 11.6. The Bertz CT molecular complexity index is 367. The van der Waals surface area contributed by atoms with Crippen molar-refractivity contribution in [3.63, 3.8) is 0 Å². The summed E-state index contributed by atoms with van der Waals surface area (Å²) in [5.74, 6) is 1.98. The molecule has 2 unspecified atom stereocenters. The van der Waals surface area contributed by atoms with Crippen LogP contribution in [-0.4, -0.2) is 18.2 Å². The summed E-state index contributed by atoms with van der Waals surface area (Å²) in [6.45, 7) is 0.218. The van der Waals surface area contributed by atoms with Gasteiger partial charge in [-0.05, 0) is 24.8 Å². The van der Waals surface area contributed by atoms with Gasteiger partial charge in [-0.1, -0.05) is 0 Å². The molecular weight excluding hydrogens is 192 g/mol. The molecule has 0 aromatic carbocycles. The Morgan fingerprint density at radius 2 is 2.00 bits per heavy atom. The van der Waals surface area contributed by atoms with E-state index in [9.17, 15) is 9.59 Å². The lowest BCUT2D eigenvalue weighted by Gasteiger charge is -2.32. The van der Waals surface area contributed by atoms with Gasteiger partial charge in [0.25, 0.3) is 0 Å². The first kappa shape index (κ1) is 9.13. The van der Waals surface area contributed by atoms with E-state index in [1.54, 1.807) is 0 Å². The summed E-state index contributed by atoms with van der Waals surface area (Å²) >= 11 is 0. The first-order chi connectivity index (χ1) is 7.25. The summed E-state index contributed by atoms with van der Waals surface area (Å²) in [7, 11) is 0. The lowest BCUT2D eigenvalue weighted by molar-refractivity contribution is -0.127. The smallest absolute Gasteiger partial charge is 0.170 e. The van der Waals surface area contributed by atoms with Crippen LogP contribution in [0.1, 0.15) is 32.1 Å². The van der Waals surface area contributed by atoms with Crippen molar-refractivity contribution in [1.82, 2.24) is 0 Å². The summed E-state index contributed by atoms with van der Waals surface area (Å²) in [4.78, 5) is 22.9. The van der Waals surface area contributed by atoms with Gasteiger partial charge in [0.2, 0.25) is 0 Å². The van der Waals surface area contributed by atoms with Gasteiger partial charge < -0.3 is 4.74 Å². The third kappa shape index (κ3) is 1.33. The fourth-order valence-corrected chi connectivity index (χ4v) is 3.09. The number of Topliss-reactive ketones (excluding diaryl/α,β-unsaturated/α-hetero) is 2. The second-order valence-electron chi connectivity index (χ2n) is 4.71. The number of carbonyl (C=O) groups is 2. The van der Waals surface area contributed by atoms with Gasteiger partial charge in [-0.3, -0.25) is 9.59 Å². The molecule has 1 heterocycles. The molecule has 3 rings (SSSR count). The molecule has 0 aromatic rings. The fourth-order valence-electron chi connectivity index (χ4n) is 3.09. The van der Waals surface area contributed by atoms with Gasteiger partial charge in [-0.15, -0.1) is 0 Å². The van der Waals surface area contributed by atoms with Crippen LogP contribution in [0.4, 0.5) is 0 Å². The Morgan fingerprint density at radius 3 is 2.87 bits per heavy atom. The molecule has 2 aliphatic carbocycles. The minimum atomic E-state index is 0.129. The highest BCUT2D eigenvalue weighted by Crippen LogP contribution is 2.44. The van der Waals surface area contributed by atoms with Crippen molar-refractivity contribution in [3.05, 3.63) is 11.3 Å². The van der Waals surface area contributed by atoms with E-state index in [1.807, 2.05) is 0 Å². The molecule has 2 fully saturated rings. The van der Waals surface area contributed by atoms with Gasteiger partial charge in [0.05, 0.1) is 0 Å².